The van der Waals surface area contributed by atoms with Gasteiger partial charge in [0.05, 0.1) is 38.6 Å². The minimum atomic E-state index is -1.80. The number of nitrogens with one attached hydrogen (secondary N) is 1. The van der Waals surface area contributed by atoms with Crippen molar-refractivity contribution in [2.24, 2.45) is 5.92 Å². The van der Waals surface area contributed by atoms with Crippen LogP contribution in [0.1, 0.15) is 13.8 Å². The summed E-state index contributed by atoms with van der Waals surface area (Å²) in [5.74, 6) is -1.38. The Kier molecular flexibility index (Phi) is 11.2. The highest BCUT2D eigenvalue weighted by Gasteiger charge is 2.52. The fourth-order valence-electron chi connectivity index (χ4n) is 4.90. The van der Waals surface area contributed by atoms with Crippen LogP contribution in [-0.4, -0.2) is 164 Å². The Morgan fingerprint density at radius 2 is 1.29 bits per heavy atom. The lowest BCUT2D eigenvalue weighted by molar-refractivity contribution is -0.350. The summed E-state index contributed by atoms with van der Waals surface area (Å²) in [5.41, 5.74) is 0. The minimum Gasteiger partial charge on any atom is -0.394 e. The molecule has 3 fully saturated rings. The zero-order chi connectivity index (χ0) is 28.3. The Balaban J connectivity index is 1.74. The smallest absolute Gasteiger partial charge is 0.217 e. The summed E-state index contributed by atoms with van der Waals surface area (Å²) in [6.07, 6.45) is -18.3. The molecule has 0 bridgehead atoms. The Hall–Kier alpha value is -1.09. The maximum absolute atomic E-state index is 11.9. The minimum absolute atomic E-state index is 0.276. The van der Waals surface area contributed by atoms with Gasteiger partial charge in [-0.05, 0) is 6.92 Å². The highest BCUT2D eigenvalue weighted by atomic mass is 16.7. The Morgan fingerprint density at radius 3 is 1.87 bits per heavy atom. The zero-order valence-electron chi connectivity index (χ0n) is 21.0. The molecule has 0 aromatic carbocycles. The van der Waals surface area contributed by atoms with Crippen molar-refractivity contribution in [1.29, 1.82) is 0 Å². The van der Waals surface area contributed by atoms with E-state index in [2.05, 4.69) is 5.32 Å². The van der Waals surface area contributed by atoms with Crippen LogP contribution in [0.15, 0.2) is 0 Å². The van der Waals surface area contributed by atoms with E-state index in [1.54, 1.807) is 6.92 Å². The van der Waals surface area contributed by atoms with E-state index < -0.39 is 117 Å². The second-order valence-electron chi connectivity index (χ2n) is 9.78. The van der Waals surface area contributed by atoms with E-state index >= 15 is 0 Å². The summed E-state index contributed by atoms with van der Waals surface area (Å²) in [6.45, 7) is 0.545. The van der Waals surface area contributed by atoms with Gasteiger partial charge in [-0.15, -0.1) is 0 Å². The normalized spacial score (nSPS) is 48.0. The molecule has 15 atom stereocenters. The van der Waals surface area contributed by atoms with Gasteiger partial charge in [0.25, 0.3) is 0 Å². The third-order valence-corrected chi connectivity index (χ3v) is 7.16. The molecule has 0 aliphatic carbocycles. The molecule has 0 aromatic rings. The number of ether oxygens (including phenoxy) is 5. The molecule has 0 aromatic heterocycles. The average molecular weight is 558 g/mol. The van der Waals surface area contributed by atoms with Crippen LogP contribution in [-0.2, 0) is 28.5 Å². The molecule has 3 aliphatic heterocycles. The molecular formula is C22H39NO15. The van der Waals surface area contributed by atoms with Crippen LogP contribution in [0.5, 0.6) is 0 Å². The van der Waals surface area contributed by atoms with Gasteiger partial charge in [0.2, 0.25) is 5.91 Å². The number of amides is 1. The van der Waals surface area contributed by atoms with Crippen molar-refractivity contribution in [2.75, 3.05) is 26.4 Å². The molecule has 0 saturated carbocycles. The Labute approximate surface area is 218 Å². The molecule has 1 amide bonds. The molecule has 10 N–H and O–H groups in total. The summed E-state index contributed by atoms with van der Waals surface area (Å²) in [7, 11) is 0. The number of carbonyl (C=O) groups is 1. The number of hydrogen-bond acceptors (Lipinski definition) is 15. The van der Waals surface area contributed by atoms with E-state index in [0.29, 0.717) is 0 Å². The number of aliphatic hydroxyl groups is 9. The first kappa shape index (κ1) is 31.4. The summed E-state index contributed by atoms with van der Waals surface area (Å²) in [5, 5.41) is 93.2. The summed E-state index contributed by atoms with van der Waals surface area (Å²) < 4.78 is 28.0. The first-order valence-corrected chi connectivity index (χ1v) is 12.4. The predicted octanol–water partition coefficient (Wildman–Crippen LogP) is -6.11. The van der Waals surface area contributed by atoms with Gasteiger partial charge in [-0.25, -0.2) is 0 Å². The predicted molar refractivity (Wildman–Crippen MR) is 121 cm³/mol. The van der Waals surface area contributed by atoms with Crippen molar-refractivity contribution in [3.63, 3.8) is 0 Å². The van der Waals surface area contributed by atoms with Gasteiger partial charge in [-0.3, -0.25) is 4.79 Å². The first-order valence-electron chi connectivity index (χ1n) is 12.4. The second-order valence-corrected chi connectivity index (χ2v) is 9.78. The van der Waals surface area contributed by atoms with Crippen LogP contribution in [0.3, 0.4) is 0 Å². The van der Waals surface area contributed by atoms with Crippen molar-refractivity contribution in [2.45, 2.75) is 99.6 Å². The number of carbonyl (C=O) groups excluding carboxylic acids is 1. The SMILES string of the molecule is CC(=O)NC1C(O)[C@H](O[C@@H]2OC(CO)[C@H](O)[C@H](O)C2O)[C@@H](CO)O[C@@H]1OCC1[C@H](C)OC(CO)[C@H](O)[C@@H]1O. The molecule has 0 spiro atoms. The largest absolute Gasteiger partial charge is 0.394 e. The van der Waals surface area contributed by atoms with E-state index in [9.17, 15) is 50.8 Å². The third-order valence-electron chi connectivity index (χ3n) is 7.16. The van der Waals surface area contributed by atoms with E-state index in [1.165, 1.54) is 6.92 Å². The Bertz CT molecular complexity index is 760. The maximum Gasteiger partial charge on any atom is 0.217 e. The van der Waals surface area contributed by atoms with E-state index in [0.717, 1.165) is 0 Å². The second kappa shape index (κ2) is 13.5. The highest BCUT2D eigenvalue weighted by molar-refractivity contribution is 5.73. The molecule has 3 heterocycles. The highest BCUT2D eigenvalue weighted by Crippen LogP contribution is 2.31. The number of rotatable bonds is 9. The monoisotopic (exact) mass is 557 g/mol. The van der Waals surface area contributed by atoms with Crippen molar-refractivity contribution in [3.8, 4) is 0 Å². The quantitative estimate of drug-likeness (QED) is 0.126. The zero-order valence-corrected chi connectivity index (χ0v) is 21.0. The van der Waals surface area contributed by atoms with E-state index in [-0.39, 0.29) is 6.61 Å². The average Bonchev–Trinajstić information content (AvgIpc) is 2.88. The molecule has 16 nitrogen and oxygen atoms in total. The van der Waals surface area contributed by atoms with Crippen molar-refractivity contribution in [1.82, 2.24) is 5.32 Å². The van der Waals surface area contributed by atoms with Crippen molar-refractivity contribution >= 4 is 5.91 Å². The van der Waals surface area contributed by atoms with Gasteiger partial charge >= 0.3 is 0 Å². The Morgan fingerprint density at radius 1 is 0.737 bits per heavy atom. The van der Waals surface area contributed by atoms with E-state index in [4.69, 9.17) is 23.7 Å². The molecule has 3 aliphatic rings. The van der Waals surface area contributed by atoms with Gasteiger partial charge in [0.1, 0.15) is 61.0 Å². The molecule has 16 heteroatoms. The van der Waals surface area contributed by atoms with Crippen LogP contribution in [0.4, 0.5) is 0 Å². The maximum atomic E-state index is 11.9. The summed E-state index contributed by atoms with van der Waals surface area (Å²) in [6, 6.07) is -1.29. The van der Waals surface area contributed by atoms with Gasteiger partial charge < -0.3 is 75.0 Å². The van der Waals surface area contributed by atoms with Crippen molar-refractivity contribution in [3.05, 3.63) is 0 Å². The van der Waals surface area contributed by atoms with Crippen LogP contribution in [0, 0.1) is 5.92 Å². The van der Waals surface area contributed by atoms with Crippen LogP contribution in [0.2, 0.25) is 0 Å². The van der Waals surface area contributed by atoms with Crippen molar-refractivity contribution < 1.29 is 74.4 Å². The molecular weight excluding hydrogens is 518 g/mol. The van der Waals surface area contributed by atoms with Gasteiger partial charge in [0.15, 0.2) is 12.6 Å². The van der Waals surface area contributed by atoms with E-state index in [1.807, 2.05) is 0 Å². The standard InChI is InChI=1S/C22H39NO15/c1-7-9(14(28)15(29)10(3-24)35-7)6-34-21-13(23-8(2)27)17(31)20(12(5-26)37-21)38-22-19(33)18(32)16(30)11(4-25)36-22/h7,9-22,24-26,28-33H,3-6H2,1-2H3,(H,23,27)/t7-,9?,10?,11?,12+,13?,14+,15-,16-,17?,18-,19?,20+,21-,22-/m0/s1. The summed E-state index contributed by atoms with van der Waals surface area (Å²) in [4.78, 5) is 11.9. The molecule has 0 radical (unpaired) electrons. The first-order chi connectivity index (χ1) is 17.9. The summed E-state index contributed by atoms with van der Waals surface area (Å²) >= 11 is 0. The lowest BCUT2D eigenvalue weighted by atomic mass is 9.88. The van der Waals surface area contributed by atoms with Crippen LogP contribution < -0.4 is 5.32 Å². The van der Waals surface area contributed by atoms with Crippen LogP contribution in [0.25, 0.3) is 0 Å². The lowest BCUT2D eigenvalue weighted by Gasteiger charge is -2.47. The molecule has 3 rings (SSSR count). The molecule has 222 valence electrons. The van der Waals surface area contributed by atoms with Crippen LogP contribution >= 0.6 is 0 Å². The van der Waals surface area contributed by atoms with Gasteiger partial charge in [-0.1, -0.05) is 0 Å². The van der Waals surface area contributed by atoms with Gasteiger partial charge in [-0.2, -0.15) is 0 Å². The van der Waals surface area contributed by atoms with Gasteiger partial charge in [0, 0.05) is 12.8 Å². The number of aliphatic hydroxyl groups excluding tert-OH is 9. The fraction of sp³-hybridized carbons (Fsp3) is 0.955. The molecule has 38 heavy (non-hydrogen) atoms. The lowest BCUT2D eigenvalue weighted by Crippen LogP contribution is -2.67. The fourth-order valence-corrected chi connectivity index (χ4v) is 4.90. The molecule has 3 saturated heterocycles. The molecule has 6 unspecified atom stereocenters. The third kappa shape index (κ3) is 6.61. The topological polar surface area (TPSA) is 257 Å². The number of hydrogen-bond donors (Lipinski definition) is 10.